The van der Waals surface area contributed by atoms with Crippen molar-refractivity contribution in [2.24, 2.45) is 5.41 Å². The lowest BCUT2D eigenvalue weighted by Crippen LogP contribution is -2.44. The van der Waals surface area contributed by atoms with Crippen LogP contribution in [0.4, 0.5) is 8.78 Å². The van der Waals surface area contributed by atoms with Crippen LogP contribution in [0.2, 0.25) is 0 Å². The fourth-order valence-corrected chi connectivity index (χ4v) is 3.72. The van der Waals surface area contributed by atoms with Gasteiger partial charge in [0.15, 0.2) is 0 Å². The number of carbonyl (C=O) groups is 2. The molecule has 0 saturated heterocycles. The van der Waals surface area contributed by atoms with Gasteiger partial charge in [0, 0.05) is 11.4 Å². The number of alkyl halides is 2. The first-order valence-corrected chi connectivity index (χ1v) is 8.22. The molecule has 0 aromatic carbocycles. The number of rotatable bonds is 6. The second-order valence-electron chi connectivity index (χ2n) is 5.76. The molecule has 8 heteroatoms. The van der Waals surface area contributed by atoms with E-state index in [1.54, 1.807) is 6.92 Å². The molecular weight excluding hydrogens is 328 g/mol. The summed E-state index contributed by atoms with van der Waals surface area (Å²) in [5.41, 5.74) is -0.968. The lowest BCUT2D eigenvalue weighted by atomic mass is 9.74. The van der Waals surface area contributed by atoms with Crippen LogP contribution in [-0.4, -0.2) is 30.1 Å². The Morgan fingerprint density at radius 1 is 1.39 bits per heavy atom. The highest BCUT2D eigenvalue weighted by molar-refractivity contribution is 7.14. The molecule has 128 valence electrons. The molecule has 2 N–H and O–H groups in total. The van der Waals surface area contributed by atoms with Crippen LogP contribution in [0.1, 0.15) is 46.7 Å². The molecule has 0 spiro atoms. The van der Waals surface area contributed by atoms with E-state index in [0.717, 1.165) is 30.6 Å². The number of carbonyl (C=O) groups excluding carboxylic acids is 1. The van der Waals surface area contributed by atoms with E-state index in [1.165, 1.54) is 6.07 Å². The van der Waals surface area contributed by atoms with Crippen molar-refractivity contribution in [1.82, 2.24) is 5.32 Å². The van der Waals surface area contributed by atoms with Gasteiger partial charge in [-0.1, -0.05) is 19.3 Å². The maximum absolute atomic E-state index is 12.4. The number of amides is 1. The van der Waals surface area contributed by atoms with Crippen LogP contribution in [0, 0.1) is 12.3 Å². The van der Waals surface area contributed by atoms with Crippen LogP contribution in [0.15, 0.2) is 6.07 Å². The number of hydrogen-bond acceptors (Lipinski definition) is 4. The molecule has 0 atom stereocenters. The van der Waals surface area contributed by atoms with Gasteiger partial charge >= 0.3 is 12.6 Å². The van der Waals surface area contributed by atoms with Gasteiger partial charge in [-0.2, -0.15) is 8.78 Å². The maximum atomic E-state index is 12.4. The Morgan fingerprint density at radius 3 is 2.61 bits per heavy atom. The van der Waals surface area contributed by atoms with E-state index < -0.39 is 23.9 Å². The van der Waals surface area contributed by atoms with Gasteiger partial charge in [0.25, 0.3) is 5.91 Å². The number of hydrogen-bond donors (Lipinski definition) is 2. The first-order valence-electron chi connectivity index (χ1n) is 7.41. The zero-order valence-electron chi connectivity index (χ0n) is 12.7. The number of aliphatic carboxylic acids is 1. The molecule has 1 heterocycles. The molecule has 1 aromatic rings. The fourth-order valence-electron chi connectivity index (χ4n) is 2.86. The molecule has 1 saturated carbocycles. The number of ether oxygens (including phenoxy) is 1. The van der Waals surface area contributed by atoms with Crippen molar-refractivity contribution in [3.05, 3.63) is 15.8 Å². The van der Waals surface area contributed by atoms with Gasteiger partial charge in [-0.05, 0) is 25.8 Å². The fraction of sp³-hybridized carbons (Fsp3) is 0.600. The van der Waals surface area contributed by atoms with Crippen molar-refractivity contribution in [2.45, 2.75) is 45.6 Å². The van der Waals surface area contributed by atoms with E-state index in [1.807, 2.05) is 0 Å². The summed E-state index contributed by atoms with van der Waals surface area (Å²) in [5.74, 6) is -1.68. The minimum Gasteiger partial charge on any atom is -0.481 e. The van der Waals surface area contributed by atoms with E-state index in [4.69, 9.17) is 0 Å². The first kappa shape index (κ1) is 17.7. The van der Waals surface area contributed by atoms with Crippen LogP contribution < -0.4 is 10.1 Å². The van der Waals surface area contributed by atoms with Gasteiger partial charge in [-0.3, -0.25) is 9.59 Å². The summed E-state index contributed by atoms with van der Waals surface area (Å²) in [6.07, 6.45) is 3.61. The van der Waals surface area contributed by atoms with E-state index in [-0.39, 0.29) is 17.2 Å². The highest BCUT2D eigenvalue weighted by Gasteiger charge is 2.40. The topological polar surface area (TPSA) is 75.6 Å². The van der Waals surface area contributed by atoms with Crippen LogP contribution in [0.25, 0.3) is 0 Å². The molecule has 1 aromatic heterocycles. The summed E-state index contributed by atoms with van der Waals surface area (Å²) in [7, 11) is 0. The Labute approximate surface area is 136 Å². The zero-order valence-corrected chi connectivity index (χ0v) is 13.5. The molecule has 0 aliphatic heterocycles. The molecule has 1 amide bonds. The minimum absolute atomic E-state index is 0.00771. The summed E-state index contributed by atoms with van der Waals surface area (Å²) >= 11 is 1.04. The highest BCUT2D eigenvalue weighted by Crippen LogP contribution is 2.36. The third-order valence-electron chi connectivity index (χ3n) is 4.10. The average molecular weight is 347 g/mol. The lowest BCUT2D eigenvalue weighted by molar-refractivity contribution is -0.150. The van der Waals surface area contributed by atoms with Crippen molar-refractivity contribution >= 4 is 23.2 Å². The van der Waals surface area contributed by atoms with Crippen LogP contribution in [-0.2, 0) is 4.79 Å². The number of nitrogens with one attached hydrogen (secondary N) is 1. The molecule has 23 heavy (non-hydrogen) atoms. The first-order chi connectivity index (χ1) is 10.8. The van der Waals surface area contributed by atoms with Crippen molar-refractivity contribution < 1.29 is 28.2 Å². The second-order valence-corrected chi connectivity index (χ2v) is 7.01. The van der Waals surface area contributed by atoms with Crippen molar-refractivity contribution in [2.75, 3.05) is 6.54 Å². The van der Waals surface area contributed by atoms with E-state index in [9.17, 15) is 23.5 Å². The number of aryl methyl sites for hydroxylation is 1. The summed E-state index contributed by atoms with van der Waals surface area (Å²) < 4.78 is 29.1. The minimum atomic E-state index is -3.01. The van der Waals surface area contributed by atoms with Crippen LogP contribution in [0.3, 0.4) is 0 Å². The van der Waals surface area contributed by atoms with Crippen LogP contribution >= 0.6 is 11.3 Å². The highest BCUT2D eigenvalue weighted by atomic mass is 32.1. The van der Waals surface area contributed by atoms with Crippen molar-refractivity contribution in [3.8, 4) is 5.75 Å². The normalized spacial score (nSPS) is 17.0. The smallest absolute Gasteiger partial charge is 0.387 e. The molecule has 5 nitrogen and oxygen atoms in total. The zero-order chi connectivity index (χ0) is 17.0. The summed E-state index contributed by atoms with van der Waals surface area (Å²) in [6.45, 7) is -1.34. The van der Waals surface area contributed by atoms with E-state index >= 15 is 0 Å². The summed E-state index contributed by atoms with van der Waals surface area (Å²) in [4.78, 5) is 24.5. The monoisotopic (exact) mass is 347 g/mol. The SMILES string of the molecule is Cc1cc(OC(F)F)c(C(=O)NCC2(C(=O)O)CCCCC2)s1. The van der Waals surface area contributed by atoms with Crippen molar-refractivity contribution in [3.63, 3.8) is 0 Å². The molecule has 1 aliphatic carbocycles. The van der Waals surface area contributed by atoms with Crippen LogP contribution in [0.5, 0.6) is 5.75 Å². The quantitative estimate of drug-likeness (QED) is 0.827. The van der Waals surface area contributed by atoms with Gasteiger partial charge in [0.05, 0.1) is 5.41 Å². The molecule has 1 fully saturated rings. The number of carboxylic acid groups (broad SMARTS) is 1. The van der Waals surface area contributed by atoms with Gasteiger partial charge in [0.2, 0.25) is 0 Å². The van der Waals surface area contributed by atoms with Gasteiger partial charge < -0.3 is 15.2 Å². The summed E-state index contributed by atoms with van der Waals surface area (Å²) in [5, 5.41) is 12.1. The predicted octanol–water partition coefficient (Wildman–Crippen LogP) is 3.42. The van der Waals surface area contributed by atoms with Gasteiger partial charge in [-0.15, -0.1) is 11.3 Å². The van der Waals surface area contributed by atoms with Gasteiger partial charge in [-0.25, -0.2) is 0 Å². The average Bonchev–Trinajstić information content (AvgIpc) is 2.85. The Kier molecular flexibility index (Phi) is 5.56. The lowest BCUT2D eigenvalue weighted by Gasteiger charge is -2.33. The second kappa shape index (κ2) is 7.25. The Morgan fingerprint density at radius 2 is 2.04 bits per heavy atom. The molecule has 0 bridgehead atoms. The van der Waals surface area contributed by atoms with Gasteiger partial charge in [0.1, 0.15) is 10.6 Å². The molecule has 0 unspecified atom stereocenters. The van der Waals surface area contributed by atoms with E-state index in [2.05, 4.69) is 10.1 Å². The Balaban J connectivity index is 2.08. The molecule has 0 radical (unpaired) electrons. The Bertz CT molecular complexity index is 582. The third kappa shape index (κ3) is 4.19. The maximum Gasteiger partial charge on any atom is 0.387 e. The number of thiophene rings is 1. The van der Waals surface area contributed by atoms with E-state index in [0.29, 0.717) is 17.7 Å². The molecule has 2 rings (SSSR count). The molecule has 1 aliphatic rings. The van der Waals surface area contributed by atoms with Crippen molar-refractivity contribution in [1.29, 1.82) is 0 Å². The number of halogens is 2. The Hall–Kier alpha value is -1.70. The summed E-state index contributed by atoms with van der Waals surface area (Å²) in [6, 6.07) is 1.37. The largest absolute Gasteiger partial charge is 0.481 e. The third-order valence-corrected chi connectivity index (χ3v) is 5.13. The molecular formula is C15H19F2NO4S. The predicted molar refractivity (Wildman–Crippen MR) is 81.2 cm³/mol. The standard InChI is InChI=1S/C15H19F2NO4S/c1-9-7-10(22-14(16)17)11(23-9)12(19)18-8-15(13(20)21)5-3-2-4-6-15/h7,14H,2-6,8H2,1H3,(H,18,19)(H,20,21). The number of carboxylic acids is 1.